The molecule has 0 amide bonds. The van der Waals surface area contributed by atoms with Crippen molar-refractivity contribution < 1.29 is 14.3 Å². The molecule has 23 heavy (non-hydrogen) atoms. The average molecular weight is 312 g/mol. The Morgan fingerprint density at radius 3 is 2.43 bits per heavy atom. The summed E-state index contributed by atoms with van der Waals surface area (Å²) in [5, 5.41) is 0. The minimum Gasteiger partial charge on any atom is -0.490 e. The zero-order valence-corrected chi connectivity index (χ0v) is 14.3. The van der Waals surface area contributed by atoms with Gasteiger partial charge in [-0.15, -0.1) is 0 Å². The van der Waals surface area contributed by atoms with Gasteiger partial charge in [0.1, 0.15) is 6.61 Å². The van der Waals surface area contributed by atoms with Crippen LogP contribution in [0, 0.1) is 13.8 Å². The van der Waals surface area contributed by atoms with E-state index in [4.69, 9.17) is 9.47 Å². The highest BCUT2D eigenvalue weighted by molar-refractivity contribution is 5.96. The molecule has 0 aliphatic carbocycles. The van der Waals surface area contributed by atoms with Gasteiger partial charge in [-0.1, -0.05) is 30.7 Å². The van der Waals surface area contributed by atoms with Gasteiger partial charge in [-0.3, -0.25) is 4.79 Å². The van der Waals surface area contributed by atoms with Crippen LogP contribution in [0.4, 0.5) is 0 Å². The molecule has 0 spiro atoms. The monoisotopic (exact) mass is 312 g/mol. The van der Waals surface area contributed by atoms with Crippen molar-refractivity contribution in [1.82, 2.24) is 0 Å². The number of hydrogen-bond acceptors (Lipinski definition) is 3. The molecule has 0 aliphatic heterocycles. The Morgan fingerprint density at radius 1 is 0.957 bits per heavy atom. The molecule has 0 radical (unpaired) electrons. The smallest absolute Gasteiger partial charge is 0.162 e. The predicted octanol–water partition coefficient (Wildman–Crippen LogP) is 4.87. The van der Waals surface area contributed by atoms with E-state index in [1.165, 1.54) is 11.1 Å². The maximum Gasteiger partial charge on any atom is 0.162 e. The molecule has 0 N–H and O–H groups in total. The summed E-state index contributed by atoms with van der Waals surface area (Å²) in [7, 11) is 0. The molecule has 2 rings (SSSR count). The van der Waals surface area contributed by atoms with E-state index in [9.17, 15) is 4.79 Å². The predicted molar refractivity (Wildman–Crippen MR) is 92.5 cm³/mol. The molecule has 3 nitrogen and oxygen atoms in total. The van der Waals surface area contributed by atoms with Crippen LogP contribution in [0.2, 0.25) is 0 Å². The van der Waals surface area contributed by atoms with Crippen LogP contribution in [0.3, 0.4) is 0 Å². The molecular formula is C20H24O3. The fourth-order valence-electron chi connectivity index (χ4n) is 2.38. The average Bonchev–Trinajstić information content (AvgIpc) is 2.56. The summed E-state index contributed by atoms with van der Waals surface area (Å²) in [6.07, 6.45) is 0.480. The lowest BCUT2D eigenvalue weighted by atomic mass is 10.1. The van der Waals surface area contributed by atoms with Gasteiger partial charge in [-0.25, -0.2) is 0 Å². The molecule has 0 aliphatic rings. The number of benzene rings is 2. The van der Waals surface area contributed by atoms with Crippen molar-refractivity contribution in [3.05, 3.63) is 58.7 Å². The van der Waals surface area contributed by atoms with Gasteiger partial charge < -0.3 is 9.47 Å². The van der Waals surface area contributed by atoms with Crippen molar-refractivity contribution in [3.8, 4) is 11.5 Å². The highest BCUT2D eigenvalue weighted by Gasteiger charge is 2.11. The molecule has 0 heterocycles. The molecule has 0 unspecified atom stereocenters. The van der Waals surface area contributed by atoms with Gasteiger partial charge in [-0.05, 0) is 50.1 Å². The van der Waals surface area contributed by atoms with Gasteiger partial charge in [0.15, 0.2) is 17.3 Å². The Bertz CT molecular complexity index is 689. The van der Waals surface area contributed by atoms with E-state index in [0.29, 0.717) is 36.7 Å². The van der Waals surface area contributed by atoms with E-state index in [-0.39, 0.29) is 5.78 Å². The normalized spacial score (nSPS) is 10.4. The third kappa shape index (κ3) is 4.35. The molecule has 3 heteroatoms. The van der Waals surface area contributed by atoms with Gasteiger partial charge in [0, 0.05) is 12.0 Å². The Balaban J connectivity index is 2.21. The number of ketones is 1. The summed E-state index contributed by atoms with van der Waals surface area (Å²) in [6, 6.07) is 11.7. The second-order valence-electron chi connectivity index (χ2n) is 5.59. The third-order valence-corrected chi connectivity index (χ3v) is 3.77. The molecule has 2 aromatic rings. The highest BCUT2D eigenvalue weighted by atomic mass is 16.5. The van der Waals surface area contributed by atoms with Gasteiger partial charge in [0.05, 0.1) is 6.61 Å². The number of hydrogen-bond donors (Lipinski definition) is 0. The number of carbonyl (C=O) groups is 1. The van der Waals surface area contributed by atoms with E-state index < -0.39 is 0 Å². The molecular weight excluding hydrogens is 288 g/mol. The molecule has 0 aromatic heterocycles. The molecule has 0 atom stereocenters. The van der Waals surface area contributed by atoms with Crippen LogP contribution in [0.1, 0.15) is 47.3 Å². The third-order valence-electron chi connectivity index (χ3n) is 3.77. The largest absolute Gasteiger partial charge is 0.490 e. The molecule has 0 bridgehead atoms. The Labute approximate surface area is 138 Å². The topological polar surface area (TPSA) is 35.5 Å². The molecule has 0 saturated heterocycles. The van der Waals surface area contributed by atoms with Crippen LogP contribution in [-0.4, -0.2) is 12.4 Å². The summed E-state index contributed by atoms with van der Waals surface area (Å²) in [5.74, 6) is 1.39. The first kappa shape index (κ1) is 17.1. The van der Waals surface area contributed by atoms with Crippen LogP contribution < -0.4 is 9.47 Å². The Kier molecular flexibility index (Phi) is 5.80. The van der Waals surface area contributed by atoms with Gasteiger partial charge in [0.25, 0.3) is 0 Å². The SMILES string of the molecule is CCOc1cc(C(=O)CC)ccc1OCc1cc(C)ccc1C. The van der Waals surface area contributed by atoms with E-state index in [0.717, 1.165) is 5.56 Å². The molecule has 0 saturated carbocycles. The van der Waals surface area contributed by atoms with E-state index in [1.807, 2.05) is 19.9 Å². The Hall–Kier alpha value is -2.29. The van der Waals surface area contributed by atoms with Crippen molar-refractivity contribution in [1.29, 1.82) is 0 Å². The fourth-order valence-corrected chi connectivity index (χ4v) is 2.38. The first-order chi connectivity index (χ1) is 11.0. The second-order valence-corrected chi connectivity index (χ2v) is 5.59. The molecule has 0 fully saturated rings. The van der Waals surface area contributed by atoms with Gasteiger partial charge >= 0.3 is 0 Å². The second kappa shape index (κ2) is 7.82. The Morgan fingerprint density at radius 2 is 1.74 bits per heavy atom. The lowest BCUT2D eigenvalue weighted by molar-refractivity contribution is 0.0987. The summed E-state index contributed by atoms with van der Waals surface area (Å²) < 4.78 is 11.6. The number of ether oxygens (including phenoxy) is 2. The van der Waals surface area contributed by atoms with Crippen LogP contribution in [0.25, 0.3) is 0 Å². The van der Waals surface area contributed by atoms with Crippen molar-refractivity contribution in [2.24, 2.45) is 0 Å². The quantitative estimate of drug-likeness (QED) is 0.684. The number of aryl methyl sites for hydroxylation is 2. The molecule has 2 aromatic carbocycles. The maximum absolute atomic E-state index is 11.8. The van der Waals surface area contributed by atoms with E-state index >= 15 is 0 Å². The van der Waals surface area contributed by atoms with Crippen molar-refractivity contribution in [3.63, 3.8) is 0 Å². The first-order valence-corrected chi connectivity index (χ1v) is 8.04. The van der Waals surface area contributed by atoms with Crippen molar-refractivity contribution in [2.75, 3.05) is 6.61 Å². The minimum atomic E-state index is 0.104. The summed E-state index contributed by atoms with van der Waals surface area (Å²) >= 11 is 0. The van der Waals surface area contributed by atoms with Crippen LogP contribution in [0.15, 0.2) is 36.4 Å². The van der Waals surface area contributed by atoms with Gasteiger partial charge in [0.2, 0.25) is 0 Å². The summed E-state index contributed by atoms with van der Waals surface area (Å²) in [6.45, 7) is 8.93. The maximum atomic E-state index is 11.8. The fraction of sp³-hybridized carbons (Fsp3) is 0.350. The minimum absolute atomic E-state index is 0.104. The first-order valence-electron chi connectivity index (χ1n) is 8.04. The molecule has 122 valence electrons. The zero-order chi connectivity index (χ0) is 16.8. The van der Waals surface area contributed by atoms with Crippen LogP contribution in [-0.2, 0) is 6.61 Å². The lowest BCUT2D eigenvalue weighted by Crippen LogP contribution is -2.03. The highest BCUT2D eigenvalue weighted by Crippen LogP contribution is 2.30. The van der Waals surface area contributed by atoms with Crippen molar-refractivity contribution >= 4 is 5.78 Å². The van der Waals surface area contributed by atoms with E-state index in [1.54, 1.807) is 12.1 Å². The number of carbonyl (C=O) groups excluding carboxylic acids is 1. The lowest BCUT2D eigenvalue weighted by Gasteiger charge is -2.14. The van der Waals surface area contributed by atoms with Crippen LogP contribution in [0.5, 0.6) is 11.5 Å². The van der Waals surface area contributed by atoms with Crippen LogP contribution >= 0.6 is 0 Å². The number of Topliss-reactive ketones (excluding diaryl/α,β-unsaturated/α-hetero) is 1. The summed E-state index contributed by atoms with van der Waals surface area (Å²) in [5.41, 5.74) is 4.23. The number of rotatable bonds is 7. The zero-order valence-electron chi connectivity index (χ0n) is 14.3. The van der Waals surface area contributed by atoms with Gasteiger partial charge in [-0.2, -0.15) is 0 Å². The van der Waals surface area contributed by atoms with E-state index in [2.05, 4.69) is 32.0 Å². The summed E-state index contributed by atoms with van der Waals surface area (Å²) in [4.78, 5) is 11.8. The van der Waals surface area contributed by atoms with Crippen molar-refractivity contribution in [2.45, 2.75) is 40.7 Å². The standard InChI is InChI=1S/C20H24O3/c1-5-18(21)16-9-10-19(20(12-16)22-6-2)23-13-17-11-14(3)7-8-15(17)4/h7-12H,5-6,13H2,1-4H3.